The Morgan fingerprint density at radius 3 is 2.97 bits per heavy atom. The van der Waals surface area contributed by atoms with Gasteiger partial charge in [-0.2, -0.15) is 5.10 Å². The summed E-state index contributed by atoms with van der Waals surface area (Å²) in [6.45, 7) is 1.20. The topological polar surface area (TPSA) is 125 Å². The van der Waals surface area contributed by atoms with Crippen LogP contribution in [0.1, 0.15) is 41.2 Å². The van der Waals surface area contributed by atoms with Gasteiger partial charge in [-0.05, 0) is 31.4 Å². The lowest BCUT2D eigenvalue weighted by Gasteiger charge is -2.30. The van der Waals surface area contributed by atoms with E-state index in [9.17, 15) is 19.4 Å². The molecule has 5 rings (SSSR count). The number of fused-ring (bicyclic) bond motifs is 1. The molecular weight excluding hydrogens is 419 g/mol. The van der Waals surface area contributed by atoms with Crippen molar-refractivity contribution in [3.8, 4) is 5.88 Å². The average molecular weight is 442 g/mol. The minimum absolute atomic E-state index is 0.114. The second kappa shape index (κ2) is 7.99. The third kappa shape index (κ3) is 3.73. The Bertz CT molecular complexity index is 1160. The van der Waals surface area contributed by atoms with E-state index in [0.29, 0.717) is 48.8 Å². The standard InChI is InChI=1S/C21H23FN6O4/c22-13-9-14(19(30)23-10-13)16-2-7-32-8-6-27(16)17-1-5-28-18(25-17)15(11-24-28)20(31)26-21(12-29)3-4-21/h1,5,9-11,16,29H,2-4,6-8,12H2,(H,23,30)(H,26,31). The SMILES string of the molecule is O=C(NC1(CO)CC1)c1cnn2ccc(N3CCOCCC3c3cc(F)cnc3O)nc12. The first-order valence-corrected chi connectivity index (χ1v) is 10.5. The molecule has 4 heterocycles. The lowest BCUT2D eigenvalue weighted by Crippen LogP contribution is -2.39. The van der Waals surface area contributed by atoms with E-state index in [-0.39, 0.29) is 18.4 Å². The van der Waals surface area contributed by atoms with Crippen LogP contribution in [-0.2, 0) is 4.74 Å². The van der Waals surface area contributed by atoms with Crippen LogP contribution in [0.4, 0.5) is 10.2 Å². The number of ether oxygens (including phenoxy) is 1. The molecule has 3 N–H and O–H groups in total. The van der Waals surface area contributed by atoms with Crippen LogP contribution in [0.25, 0.3) is 5.65 Å². The number of hydrogen-bond donors (Lipinski definition) is 3. The van der Waals surface area contributed by atoms with E-state index >= 15 is 0 Å². The fourth-order valence-electron chi connectivity index (χ4n) is 4.02. The molecule has 0 bridgehead atoms. The van der Waals surface area contributed by atoms with Crippen LogP contribution in [0, 0.1) is 5.82 Å². The molecule has 1 amide bonds. The molecule has 3 aromatic rings. The van der Waals surface area contributed by atoms with Crippen molar-refractivity contribution in [1.82, 2.24) is 24.9 Å². The van der Waals surface area contributed by atoms with Crippen LogP contribution in [0.5, 0.6) is 5.88 Å². The summed E-state index contributed by atoms with van der Waals surface area (Å²) >= 11 is 0. The van der Waals surface area contributed by atoms with E-state index in [2.05, 4.69) is 20.4 Å². The summed E-state index contributed by atoms with van der Waals surface area (Å²) in [4.78, 5) is 23.1. The number of amides is 1. The first-order valence-electron chi connectivity index (χ1n) is 10.5. The second-order valence-electron chi connectivity index (χ2n) is 8.18. The van der Waals surface area contributed by atoms with E-state index in [0.717, 1.165) is 19.0 Å². The number of nitrogens with zero attached hydrogens (tertiary/aromatic N) is 5. The maximum atomic E-state index is 13.9. The number of anilines is 1. The Balaban J connectivity index is 1.52. The molecule has 0 radical (unpaired) electrons. The molecule has 3 aromatic heterocycles. The van der Waals surface area contributed by atoms with Gasteiger partial charge in [0.15, 0.2) is 5.65 Å². The summed E-state index contributed by atoms with van der Waals surface area (Å²) in [6, 6.07) is 2.60. The highest BCUT2D eigenvalue weighted by Crippen LogP contribution is 2.36. The maximum Gasteiger partial charge on any atom is 0.257 e. The molecule has 1 aliphatic carbocycles. The lowest BCUT2D eigenvalue weighted by atomic mass is 10.0. The van der Waals surface area contributed by atoms with Crippen molar-refractivity contribution in [2.75, 3.05) is 31.3 Å². The molecule has 2 aliphatic rings. The van der Waals surface area contributed by atoms with Crippen LogP contribution in [0.2, 0.25) is 0 Å². The van der Waals surface area contributed by atoms with Crippen molar-refractivity contribution in [3.05, 3.63) is 47.7 Å². The summed E-state index contributed by atoms with van der Waals surface area (Å²) in [5.41, 5.74) is 0.448. The third-order valence-electron chi connectivity index (χ3n) is 6.04. The summed E-state index contributed by atoms with van der Waals surface area (Å²) in [7, 11) is 0. The smallest absolute Gasteiger partial charge is 0.257 e. The number of carbonyl (C=O) groups excluding carboxylic acids is 1. The van der Waals surface area contributed by atoms with Crippen LogP contribution in [-0.4, -0.2) is 67.6 Å². The first kappa shape index (κ1) is 20.6. The van der Waals surface area contributed by atoms with Gasteiger partial charge >= 0.3 is 0 Å². The molecule has 11 heteroatoms. The van der Waals surface area contributed by atoms with Crippen molar-refractivity contribution < 1.29 is 24.1 Å². The number of hydrogen-bond acceptors (Lipinski definition) is 8. The number of aliphatic hydroxyl groups is 1. The minimum Gasteiger partial charge on any atom is -0.493 e. The number of aliphatic hydroxyl groups excluding tert-OH is 1. The van der Waals surface area contributed by atoms with Gasteiger partial charge in [-0.25, -0.2) is 18.9 Å². The van der Waals surface area contributed by atoms with E-state index in [4.69, 9.17) is 4.74 Å². The van der Waals surface area contributed by atoms with Crippen molar-refractivity contribution in [2.45, 2.75) is 30.8 Å². The molecule has 1 atom stereocenters. The van der Waals surface area contributed by atoms with Crippen LogP contribution < -0.4 is 10.2 Å². The van der Waals surface area contributed by atoms with Gasteiger partial charge in [-0.3, -0.25) is 4.79 Å². The fourth-order valence-corrected chi connectivity index (χ4v) is 4.02. The molecule has 1 saturated heterocycles. The molecule has 1 aliphatic heterocycles. The Labute approximate surface area is 182 Å². The molecule has 1 unspecified atom stereocenters. The maximum absolute atomic E-state index is 13.9. The molecule has 2 fully saturated rings. The quantitative estimate of drug-likeness (QED) is 0.538. The average Bonchev–Trinajstić information content (AvgIpc) is 3.50. The summed E-state index contributed by atoms with van der Waals surface area (Å²) in [5.74, 6) is -0.597. The lowest BCUT2D eigenvalue weighted by molar-refractivity contribution is 0.0908. The van der Waals surface area contributed by atoms with Crippen LogP contribution >= 0.6 is 0 Å². The normalized spacial score (nSPS) is 20.2. The van der Waals surface area contributed by atoms with Gasteiger partial charge in [0, 0.05) is 24.9 Å². The van der Waals surface area contributed by atoms with Crippen molar-refractivity contribution >= 4 is 17.4 Å². The molecule has 32 heavy (non-hydrogen) atoms. The zero-order valence-electron chi connectivity index (χ0n) is 17.2. The van der Waals surface area contributed by atoms with Crippen molar-refractivity contribution in [2.24, 2.45) is 0 Å². The van der Waals surface area contributed by atoms with Gasteiger partial charge in [-0.15, -0.1) is 0 Å². The Hall–Kier alpha value is -3.31. The Morgan fingerprint density at radius 1 is 1.34 bits per heavy atom. The molecule has 10 nitrogen and oxygen atoms in total. The second-order valence-corrected chi connectivity index (χ2v) is 8.18. The Kier molecular flexibility index (Phi) is 5.14. The van der Waals surface area contributed by atoms with Gasteiger partial charge in [0.25, 0.3) is 5.91 Å². The monoisotopic (exact) mass is 442 g/mol. The third-order valence-corrected chi connectivity index (χ3v) is 6.04. The van der Waals surface area contributed by atoms with Crippen molar-refractivity contribution in [1.29, 1.82) is 0 Å². The molecular formula is C21H23FN6O4. The van der Waals surface area contributed by atoms with Gasteiger partial charge in [-0.1, -0.05) is 0 Å². The first-order chi connectivity index (χ1) is 15.5. The minimum atomic E-state index is -0.557. The molecule has 0 aromatic carbocycles. The Morgan fingerprint density at radius 2 is 2.19 bits per heavy atom. The van der Waals surface area contributed by atoms with E-state index in [1.54, 1.807) is 12.3 Å². The number of aromatic hydroxyl groups is 1. The molecule has 0 spiro atoms. The van der Waals surface area contributed by atoms with Gasteiger partial charge < -0.3 is 25.2 Å². The van der Waals surface area contributed by atoms with E-state index < -0.39 is 17.4 Å². The predicted molar refractivity (Wildman–Crippen MR) is 111 cm³/mol. The zero-order valence-corrected chi connectivity index (χ0v) is 17.2. The van der Waals surface area contributed by atoms with E-state index in [1.165, 1.54) is 16.8 Å². The highest BCUT2D eigenvalue weighted by molar-refractivity contribution is 6.00. The zero-order chi connectivity index (χ0) is 22.3. The highest BCUT2D eigenvalue weighted by atomic mass is 19.1. The molecule has 168 valence electrons. The summed E-state index contributed by atoms with van der Waals surface area (Å²) in [5, 5.41) is 26.9. The van der Waals surface area contributed by atoms with Gasteiger partial charge in [0.05, 0.1) is 37.2 Å². The largest absolute Gasteiger partial charge is 0.493 e. The fraction of sp³-hybridized carbons (Fsp3) is 0.429. The number of nitrogens with one attached hydrogen (secondary N) is 1. The summed E-state index contributed by atoms with van der Waals surface area (Å²) < 4.78 is 21.0. The number of carbonyl (C=O) groups is 1. The van der Waals surface area contributed by atoms with Crippen molar-refractivity contribution in [3.63, 3.8) is 0 Å². The summed E-state index contributed by atoms with van der Waals surface area (Å²) in [6.07, 6.45) is 6.07. The van der Waals surface area contributed by atoms with Crippen LogP contribution in [0.3, 0.4) is 0 Å². The van der Waals surface area contributed by atoms with E-state index in [1.807, 2.05) is 4.90 Å². The number of rotatable bonds is 5. The van der Waals surface area contributed by atoms with Gasteiger partial charge in [0.2, 0.25) is 5.88 Å². The predicted octanol–water partition coefficient (Wildman–Crippen LogP) is 1.19. The molecule has 1 saturated carbocycles. The highest BCUT2D eigenvalue weighted by Gasteiger charge is 2.44. The number of aromatic nitrogens is 4. The number of halogens is 1. The van der Waals surface area contributed by atoms with Gasteiger partial charge in [0.1, 0.15) is 17.2 Å². The number of pyridine rings is 1. The van der Waals surface area contributed by atoms with Crippen LogP contribution in [0.15, 0.2) is 30.7 Å².